The zero-order chi connectivity index (χ0) is 18.7. The molecule has 0 N–H and O–H groups in total. The number of ether oxygens (including phenoxy) is 1. The summed E-state index contributed by atoms with van der Waals surface area (Å²) in [6.45, 7) is 16.0. The maximum atomic E-state index is 6.63. The van der Waals surface area contributed by atoms with Crippen LogP contribution in [0.25, 0.3) is 11.0 Å². The molecule has 2 heterocycles. The Bertz CT molecular complexity index is 735. The molecule has 0 spiro atoms. The lowest BCUT2D eigenvalue weighted by molar-refractivity contribution is 0.0898. The van der Waals surface area contributed by atoms with E-state index in [-0.39, 0.29) is 0 Å². The molecule has 2 aromatic rings. The molecule has 5 nitrogen and oxygen atoms in total. The highest BCUT2D eigenvalue weighted by molar-refractivity contribution is 6.76. The lowest BCUT2D eigenvalue weighted by atomic mass is 10.2. The van der Waals surface area contributed by atoms with Gasteiger partial charge in [0, 0.05) is 40.9 Å². The van der Waals surface area contributed by atoms with Crippen LogP contribution in [-0.4, -0.2) is 61.9 Å². The number of rotatable bonds is 7. The monoisotopic (exact) mass is 394 g/mol. The molecule has 0 bridgehead atoms. The largest absolute Gasteiger partial charge is 0.368 e. The average molecular weight is 395 g/mol. The van der Waals surface area contributed by atoms with E-state index >= 15 is 0 Å². The minimum Gasteiger partial charge on any atom is -0.368 e. The Kier molecular flexibility index (Phi) is 6.28. The number of halogens is 1. The van der Waals surface area contributed by atoms with Crippen LogP contribution < -0.4 is 4.90 Å². The number of hydrogen-bond donors (Lipinski definition) is 0. The van der Waals surface area contributed by atoms with Crippen molar-refractivity contribution in [1.82, 2.24) is 14.5 Å². The highest BCUT2D eigenvalue weighted by Gasteiger charge is 2.19. The van der Waals surface area contributed by atoms with E-state index in [1.54, 1.807) is 0 Å². The Hall–Kier alpha value is -1.08. The second-order valence-electron chi connectivity index (χ2n) is 8.28. The fourth-order valence-corrected chi connectivity index (χ4v) is 4.29. The zero-order valence-corrected chi connectivity index (χ0v) is 18.2. The van der Waals surface area contributed by atoms with Gasteiger partial charge in [0.25, 0.3) is 0 Å². The fourth-order valence-electron chi connectivity index (χ4n) is 3.26. The first kappa shape index (κ1) is 19.7. The molecule has 0 radical (unpaired) electrons. The third-order valence-corrected chi connectivity index (χ3v) is 7.08. The van der Waals surface area contributed by atoms with E-state index in [2.05, 4.69) is 47.4 Å². The maximum Gasteiger partial charge on any atom is 0.124 e. The fraction of sp³-hybridized carbons (Fsp3) is 0.632. The Morgan fingerprint density at radius 2 is 1.88 bits per heavy atom. The third-order valence-electron chi connectivity index (χ3n) is 5.08. The molecule has 1 aromatic carbocycles. The van der Waals surface area contributed by atoms with Crippen molar-refractivity contribution in [2.24, 2.45) is 0 Å². The summed E-state index contributed by atoms with van der Waals surface area (Å²) < 4.78 is 7.92. The van der Waals surface area contributed by atoms with E-state index in [0.717, 1.165) is 61.1 Å². The number of imidazole rings is 1. The van der Waals surface area contributed by atoms with Crippen LogP contribution in [0.3, 0.4) is 0 Å². The Labute approximate surface area is 162 Å². The molecule has 0 atom stereocenters. The summed E-state index contributed by atoms with van der Waals surface area (Å²) in [5, 5.41) is 0.797. The first-order valence-corrected chi connectivity index (χ1v) is 13.7. The van der Waals surface area contributed by atoms with Gasteiger partial charge in [-0.3, -0.25) is 0 Å². The summed E-state index contributed by atoms with van der Waals surface area (Å²) in [4.78, 5) is 9.41. The van der Waals surface area contributed by atoms with Crippen molar-refractivity contribution in [3.05, 3.63) is 23.5 Å². The molecular formula is C19H31ClN4OSi. The SMILES string of the molecule is CCN1CCN(c2cc3ncn(COCC[Si](C)(C)C)c3cc2Cl)CC1. The maximum absolute atomic E-state index is 6.63. The van der Waals surface area contributed by atoms with E-state index < -0.39 is 8.07 Å². The molecule has 0 aliphatic carbocycles. The summed E-state index contributed by atoms with van der Waals surface area (Å²) >= 11 is 6.63. The lowest BCUT2D eigenvalue weighted by Gasteiger charge is -2.35. The van der Waals surface area contributed by atoms with Crippen LogP contribution in [-0.2, 0) is 11.5 Å². The molecule has 144 valence electrons. The van der Waals surface area contributed by atoms with Gasteiger partial charge < -0.3 is 19.1 Å². The van der Waals surface area contributed by atoms with E-state index in [4.69, 9.17) is 16.3 Å². The number of hydrogen-bond acceptors (Lipinski definition) is 4. The molecule has 1 aliphatic rings. The lowest BCUT2D eigenvalue weighted by Crippen LogP contribution is -2.46. The predicted octanol–water partition coefficient (Wildman–Crippen LogP) is 4.14. The van der Waals surface area contributed by atoms with E-state index in [9.17, 15) is 0 Å². The molecule has 1 aromatic heterocycles. The van der Waals surface area contributed by atoms with Crippen molar-refractivity contribution in [1.29, 1.82) is 0 Å². The first-order chi connectivity index (χ1) is 12.4. The van der Waals surface area contributed by atoms with E-state index in [1.165, 1.54) is 6.04 Å². The third kappa shape index (κ3) is 4.79. The molecular weight excluding hydrogens is 364 g/mol. The Morgan fingerprint density at radius 3 is 2.54 bits per heavy atom. The van der Waals surface area contributed by atoms with Gasteiger partial charge in [0.1, 0.15) is 6.73 Å². The van der Waals surface area contributed by atoms with Gasteiger partial charge in [0.15, 0.2) is 0 Å². The van der Waals surface area contributed by atoms with Gasteiger partial charge in [-0.15, -0.1) is 0 Å². The minimum absolute atomic E-state index is 0.534. The van der Waals surface area contributed by atoms with Gasteiger partial charge >= 0.3 is 0 Å². The quantitative estimate of drug-likeness (QED) is 0.522. The number of anilines is 1. The topological polar surface area (TPSA) is 33.5 Å². The van der Waals surface area contributed by atoms with Crippen LogP contribution >= 0.6 is 11.6 Å². The van der Waals surface area contributed by atoms with Crippen LogP contribution in [0.5, 0.6) is 0 Å². The van der Waals surface area contributed by atoms with Crippen LogP contribution in [0.2, 0.25) is 30.7 Å². The van der Waals surface area contributed by atoms with Crippen molar-refractivity contribution in [3.8, 4) is 0 Å². The standard InChI is InChI=1S/C19H31ClN4OSi/c1-5-22-6-8-23(9-7-22)18-13-17-19(12-16(18)20)24(14-21-17)15-25-10-11-26(2,3)4/h12-14H,5-11,15H2,1-4H3. The molecule has 0 unspecified atom stereocenters. The van der Waals surface area contributed by atoms with E-state index in [0.29, 0.717) is 6.73 Å². The van der Waals surface area contributed by atoms with Gasteiger partial charge in [-0.1, -0.05) is 38.2 Å². The van der Waals surface area contributed by atoms with Crippen LogP contribution in [0.1, 0.15) is 6.92 Å². The Balaban J connectivity index is 1.68. The van der Waals surface area contributed by atoms with Crippen molar-refractivity contribution < 1.29 is 4.74 Å². The van der Waals surface area contributed by atoms with Gasteiger partial charge in [-0.25, -0.2) is 4.98 Å². The average Bonchev–Trinajstić information content (AvgIpc) is 2.99. The molecule has 26 heavy (non-hydrogen) atoms. The number of aromatic nitrogens is 2. The van der Waals surface area contributed by atoms with E-state index in [1.807, 2.05) is 17.0 Å². The summed E-state index contributed by atoms with van der Waals surface area (Å²) in [6, 6.07) is 5.33. The molecule has 1 aliphatic heterocycles. The van der Waals surface area contributed by atoms with Gasteiger partial charge in [-0.2, -0.15) is 0 Å². The molecule has 3 rings (SSSR count). The normalized spacial score (nSPS) is 16.6. The second kappa shape index (κ2) is 8.29. The van der Waals surface area contributed by atoms with Gasteiger partial charge in [-0.05, 0) is 24.7 Å². The molecule has 0 amide bonds. The Morgan fingerprint density at radius 1 is 1.15 bits per heavy atom. The summed E-state index contributed by atoms with van der Waals surface area (Å²) in [5.41, 5.74) is 3.12. The smallest absolute Gasteiger partial charge is 0.124 e. The summed E-state index contributed by atoms with van der Waals surface area (Å²) in [7, 11) is -1.06. The summed E-state index contributed by atoms with van der Waals surface area (Å²) in [5.74, 6) is 0. The van der Waals surface area contributed by atoms with Crippen molar-refractivity contribution in [2.45, 2.75) is 39.3 Å². The zero-order valence-electron chi connectivity index (χ0n) is 16.5. The number of fused-ring (bicyclic) bond motifs is 1. The second-order valence-corrected chi connectivity index (χ2v) is 14.3. The number of nitrogens with zero attached hydrogens (tertiary/aromatic N) is 4. The summed E-state index contributed by atoms with van der Waals surface area (Å²) in [6.07, 6.45) is 1.86. The van der Waals surface area contributed by atoms with Crippen molar-refractivity contribution in [3.63, 3.8) is 0 Å². The molecule has 1 saturated heterocycles. The minimum atomic E-state index is -1.06. The predicted molar refractivity (Wildman–Crippen MR) is 113 cm³/mol. The van der Waals surface area contributed by atoms with Crippen LogP contribution in [0, 0.1) is 0 Å². The number of piperazine rings is 1. The first-order valence-electron chi connectivity index (χ1n) is 9.57. The molecule has 7 heteroatoms. The van der Waals surface area contributed by atoms with Gasteiger partial charge in [0.2, 0.25) is 0 Å². The highest BCUT2D eigenvalue weighted by atomic mass is 35.5. The molecule has 1 fully saturated rings. The van der Waals surface area contributed by atoms with Crippen LogP contribution in [0.15, 0.2) is 18.5 Å². The number of benzene rings is 1. The highest BCUT2D eigenvalue weighted by Crippen LogP contribution is 2.31. The van der Waals surface area contributed by atoms with Crippen molar-refractivity contribution >= 4 is 36.4 Å². The molecule has 0 saturated carbocycles. The van der Waals surface area contributed by atoms with Crippen LogP contribution in [0.4, 0.5) is 5.69 Å². The van der Waals surface area contributed by atoms with Gasteiger partial charge in [0.05, 0.1) is 28.1 Å². The number of likely N-dealkylation sites (N-methyl/N-ethyl adjacent to an activating group) is 1. The van der Waals surface area contributed by atoms with Crippen molar-refractivity contribution in [2.75, 3.05) is 44.2 Å².